The Kier molecular flexibility index (Phi) is 6.08. The van der Waals surface area contributed by atoms with E-state index in [9.17, 15) is 14.7 Å². The molecule has 0 unspecified atom stereocenters. The van der Waals surface area contributed by atoms with Crippen molar-refractivity contribution in [2.75, 3.05) is 6.61 Å². The quantitative estimate of drug-likeness (QED) is 0.249. The van der Waals surface area contributed by atoms with E-state index >= 15 is 0 Å². The van der Waals surface area contributed by atoms with Crippen LogP contribution >= 0.6 is 0 Å². The number of carboxylic acids is 1. The van der Waals surface area contributed by atoms with Crippen molar-refractivity contribution in [2.24, 2.45) is 0 Å². The molecule has 0 rings (SSSR count). The largest absolute Gasteiger partial charge is 0.475 e. The summed E-state index contributed by atoms with van der Waals surface area (Å²) in [6, 6.07) is 0. The fourth-order valence-electron chi connectivity index (χ4n) is 0.961. The van der Waals surface area contributed by atoms with Gasteiger partial charge in [0.2, 0.25) is 5.78 Å². The minimum absolute atomic E-state index is 0.849. The summed E-state index contributed by atoms with van der Waals surface area (Å²) in [4.78, 5) is 20.8. The number of hydrogen-bond donors (Lipinski definition) is 6. The molecule has 94 valence electrons. The highest BCUT2D eigenvalue weighted by Crippen LogP contribution is 2.08. The highest BCUT2D eigenvalue weighted by atomic mass is 16.4. The number of aliphatic hydroxyl groups excluding tert-OH is 5. The van der Waals surface area contributed by atoms with Crippen molar-refractivity contribution in [3.8, 4) is 0 Å². The normalized spacial score (nSPS) is 18.6. The molecule has 0 spiro atoms. The molecule has 0 aliphatic carbocycles. The van der Waals surface area contributed by atoms with Crippen LogP contribution in [0.4, 0.5) is 0 Å². The van der Waals surface area contributed by atoms with E-state index < -0.39 is 49.2 Å². The Hall–Kier alpha value is -1.06. The van der Waals surface area contributed by atoms with Gasteiger partial charge in [0.05, 0.1) is 12.7 Å². The molecule has 4 atom stereocenters. The third kappa shape index (κ3) is 4.21. The molecule has 0 radical (unpaired) electrons. The Morgan fingerprint density at radius 3 is 1.75 bits per heavy atom. The number of ketones is 1. The topological polar surface area (TPSA) is 156 Å². The van der Waals surface area contributed by atoms with Crippen LogP contribution in [0.15, 0.2) is 0 Å². The highest BCUT2D eigenvalue weighted by Gasteiger charge is 2.32. The lowest BCUT2D eigenvalue weighted by Gasteiger charge is -2.24. The van der Waals surface area contributed by atoms with Crippen molar-refractivity contribution in [3.05, 3.63) is 0 Å². The standard InChI is InChI=1S/C8H14O8/c9-2-5(12)7(14)6(13)3(10)1-4(11)8(15)16/h3,5-7,9-10,12-14H,1-2H2,(H,15,16)/t3-,5+,6+,7+/m0/s1. The monoisotopic (exact) mass is 238 g/mol. The second kappa shape index (κ2) is 6.51. The summed E-state index contributed by atoms with van der Waals surface area (Å²) < 4.78 is 0. The van der Waals surface area contributed by atoms with Crippen LogP contribution in [-0.4, -0.2) is 73.4 Å². The van der Waals surface area contributed by atoms with Gasteiger partial charge in [0.1, 0.15) is 18.3 Å². The number of carboxylic acid groups (broad SMARTS) is 1. The molecule has 0 saturated heterocycles. The molecule has 8 heteroatoms. The summed E-state index contributed by atoms with van der Waals surface area (Å²) >= 11 is 0. The van der Waals surface area contributed by atoms with E-state index in [-0.39, 0.29) is 0 Å². The first kappa shape index (κ1) is 14.9. The maximum absolute atomic E-state index is 10.7. The molecule has 16 heavy (non-hydrogen) atoms. The number of carbonyl (C=O) groups excluding carboxylic acids is 1. The van der Waals surface area contributed by atoms with Crippen LogP contribution in [0.1, 0.15) is 6.42 Å². The van der Waals surface area contributed by atoms with E-state index in [1.165, 1.54) is 0 Å². The summed E-state index contributed by atoms with van der Waals surface area (Å²) in [7, 11) is 0. The Balaban J connectivity index is 4.32. The van der Waals surface area contributed by atoms with Gasteiger partial charge >= 0.3 is 5.97 Å². The first-order valence-electron chi connectivity index (χ1n) is 4.40. The lowest BCUT2D eigenvalue weighted by atomic mass is 9.99. The predicted molar refractivity (Wildman–Crippen MR) is 48.4 cm³/mol. The maximum atomic E-state index is 10.7. The van der Waals surface area contributed by atoms with E-state index in [2.05, 4.69) is 0 Å². The summed E-state index contributed by atoms with van der Waals surface area (Å²) in [5.74, 6) is -3.11. The maximum Gasteiger partial charge on any atom is 0.372 e. The van der Waals surface area contributed by atoms with Gasteiger partial charge < -0.3 is 30.6 Å². The minimum Gasteiger partial charge on any atom is -0.475 e. The average Bonchev–Trinajstić information content (AvgIpc) is 2.25. The smallest absolute Gasteiger partial charge is 0.372 e. The molecule has 0 aromatic carbocycles. The molecule has 0 heterocycles. The van der Waals surface area contributed by atoms with Crippen molar-refractivity contribution < 1.29 is 40.2 Å². The molecule has 0 aliphatic rings. The van der Waals surface area contributed by atoms with Gasteiger partial charge in [0.15, 0.2) is 0 Å². The van der Waals surface area contributed by atoms with Crippen molar-refractivity contribution >= 4 is 11.8 Å². The molecule has 0 bridgehead atoms. The Bertz CT molecular complexity index is 252. The second-order valence-electron chi connectivity index (χ2n) is 3.23. The van der Waals surface area contributed by atoms with Crippen molar-refractivity contribution in [1.29, 1.82) is 0 Å². The van der Waals surface area contributed by atoms with Gasteiger partial charge in [-0.1, -0.05) is 0 Å². The van der Waals surface area contributed by atoms with Crippen LogP contribution < -0.4 is 0 Å². The molecule has 0 amide bonds. The molecule has 6 N–H and O–H groups in total. The number of aliphatic hydroxyl groups is 5. The lowest BCUT2D eigenvalue weighted by Crippen LogP contribution is -2.46. The summed E-state index contributed by atoms with van der Waals surface area (Å²) in [5.41, 5.74) is 0. The van der Waals surface area contributed by atoms with Crippen LogP contribution in [0, 0.1) is 0 Å². The molecule has 0 fully saturated rings. The zero-order valence-corrected chi connectivity index (χ0v) is 8.22. The fourth-order valence-corrected chi connectivity index (χ4v) is 0.961. The average molecular weight is 238 g/mol. The summed E-state index contributed by atoms with van der Waals surface area (Å²) in [6.45, 7) is -0.849. The molecule has 0 aliphatic heterocycles. The van der Waals surface area contributed by atoms with Gasteiger partial charge in [-0.2, -0.15) is 0 Å². The summed E-state index contributed by atoms with van der Waals surface area (Å²) in [6.07, 6.45) is -8.22. The Morgan fingerprint density at radius 2 is 1.38 bits per heavy atom. The van der Waals surface area contributed by atoms with Crippen LogP contribution in [-0.2, 0) is 9.59 Å². The zero-order chi connectivity index (χ0) is 12.9. The number of rotatable bonds is 7. The van der Waals surface area contributed by atoms with E-state index in [1.807, 2.05) is 0 Å². The molecule has 0 saturated carbocycles. The predicted octanol–water partition coefficient (Wildman–Crippen LogP) is -3.53. The fraction of sp³-hybridized carbons (Fsp3) is 0.750. The van der Waals surface area contributed by atoms with Crippen molar-refractivity contribution in [2.45, 2.75) is 30.8 Å². The molecule has 8 nitrogen and oxygen atoms in total. The number of carbonyl (C=O) groups is 2. The van der Waals surface area contributed by atoms with Gasteiger partial charge in [-0.25, -0.2) is 4.79 Å². The minimum atomic E-state index is -1.93. The van der Waals surface area contributed by atoms with Crippen LogP contribution in [0.5, 0.6) is 0 Å². The van der Waals surface area contributed by atoms with Crippen LogP contribution in [0.2, 0.25) is 0 Å². The van der Waals surface area contributed by atoms with Crippen molar-refractivity contribution in [1.82, 2.24) is 0 Å². The number of hydrogen-bond acceptors (Lipinski definition) is 7. The SMILES string of the molecule is O=C(O)C(=O)C[C@H](O)[C@@H](O)[C@H](O)[C@H](O)CO. The van der Waals surface area contributed by atoms with Crippen molar-refractivity contribution in [3.63, 3.8) is 0 Å². The first-order chi connectivity index (χ1) is 7.31. The van der Waals surface area contributed by atoms with Gasteiger partial charge in [0, 0.05) is 6.42 Å². The van der Waals surface area contributed by atoms with Gasteiger partial charge in [-0.15, -0.1) is 0 Å². The van der Waals surface area contributed by atoms with Gasteiger partial charge in [0.25, 0.3) is 0 Å². The number of aliphatic carboxylic acids is 1. The Labute approximate surface area is 90.4 Å². The highest BCUT2D eigenvalue weighted by molar-refractivity contribution is 6.32. The van der Waals surface area contributed by atoms with Crippen LogP contribution in [0.3, 0.4) is 0 Å². The first-order valence-corrected chi connectivity index (χ1v) is 4.40. The summed E-state index contributed by atoms with van der Waals surface area (Å²) in [5, 5.41) is 53.1. The van der Waals surface area contributed by atoms with E-state index in [1.54, 1.807) is 0 Å². The number of Topliss-reactive ketones (excluding diaryl/α,β-unsaturated/α-hetero) is 1. The lowest BCUT2D eigenvalue weighted by molar-refractivity contribution is -0.153. The third-order valence-corrected chi connectivity index (χ3v) is 1.96. The second-order valence-corrected chi connectivity index (χ2v) is 3.23. The molecular weight excluding hydrogens is 224 g/mol. The van der Waals surface area contributed by atoms with E-state index in [0.717, 1.165) is 0 Å². The van der Waals surface area contributed by atoms with Gasteiger partial charge in [-0.05, 0) is 0 Å². The molecule has 0 aromatic heterocycles. The molecular formula is C8H14O8. The molecule has 0 aromatic rings. The van der Waals surface area contributed by atoms with E-state index in [0.29, 0.717) is 0 Å². The zero-order valence-electron chi connectivity index (χ0n) is 8.22. The van der Waals surface area contributed by atoms with Gasteiger partial charge in [-0.3, -0.25) is 4.79 Å². The Morgan fingerprint density at radius 1 is 0.938 bits per heavy atom. The third-order valence-electron chi connectivity index (χ3n) is 1.96. The van der Waals surface area contributed by atoms with Crippen LogP contribution in [0.25, 0.3) is 0 Å². The van der Waals surface area contributed by atoms with E-state index in [4.69, 9.17) is 25.5 Å².